The van der Waals surface area contributed by atoms with Gasteiger partial charge in [-0.15, -0.1) is 11.3 Å². The average molecular weight is 347 g/mol. The third-order valence-electron chi connectivity index (χ3n) is 3.47. The number of aromatic nitrogens is 1. The molecule has 1 unspecified atom stereocenters. The molecule has 0 aliphatic heterocycles. The number of para-hydroxylation sites is 1. The second-order valence-electron chi connectivity index (χ2n) is 4.66. The number of likely N-dealkylation sites (N-methyl/N-ethyl adjacent to an activating group) is 1. The number of hydrogen-bond donors (Lipinski definition) is 1. The molecule has 0 amide bonds. The molecular formula is C16H15BrN2S. The minimum atomic E-state index is 0.267. The molecule has 1 N–H and O–H groups in total. The van der Waals surface area contributed by atoms with Gasteiger partial charge in [0.1, 0.15) is 0 Å². The first kappa shape index (κ1) is 13.7. The van der Waals surface area contributed by atoms with Crippen LogP contribution < -0.4 is 5.32 Å². The maximum absolute atomic E-state index is 4.55. The van der Waals surface area contributed by atoms with E-state index in [1.54, 1.807) is 11.3 Å². The van der Waals surface area contributed by atoms with Gasteiger partial charge in [0.05, 0.1) is 5.52 Å². The largest absolute Gasteiger partial charge is 0.313 e. The van der Waals surface area contributed by atoms with Crippen LogP contribution in [0.25, 0.3) is 10.9 Å². The zero-order valence-corrected chi connectivity index (χ0v) is 13.5. The molecule has 0 aliphatic rings. The highest BCUT2D eigenvalue weighted by Gasteiger charge is 2.15. The predicted octanol–water partition coefficient (Wildman–Crippen LogP) is 4.56. The fourth-order valence-corrected chi connectivity index (χ4v) is 3.99. The van der Waals surface area contributed by atoms with Gasteiger partial charge in [-0.1, -0.05) is 24.3 Å². The molecule has 3 rings (SSSR count). The first-order chi connectivity index (χ1) is 9.79. The van der Waals surface area contributed by atoms with Crippen molar-refractivity contribution in [3.63, 3.8) is 0 Å². The van der Waals surface area contributed by atoms with E-state index in [1.165, 1.54) is 20.3 Å². The Hall–Kier alpha value is -1.23. The summed E-state index contributed by atoms with van der Waals surface area (Å²) in [7, 11) is 2.01. The highest BCUT2D eigenvalue weighted by molar-refractivity contribution is 9.10. The van der Waals surface area contributed by atoms with Crippen LogP contribution >= 0.6 is 27.3 Å². The van der Waals surface area contributed by atoms with Crippen molar-refractivity contribution < 1.29 is 0 Å². The third kappa shape index (κ3) is 2.64. The Balaban J connectivity index is 2.01. The lowest BCUT2D eigenvalue weighted by Gasteiger charge is -2.17. The number of nitrogens with one attached hydrogen (secondary N) is 1. The summed E-state index contributed by atoms with van der Waals surface area (Å²) in [5.41, 5.74) is 2.34. The Kier molecular flexibility index (Phi) is 4.15. The van der Waals surface area contributed by atoms with Crippen molar-refractivity contribution in [2.45, 2.75) is 12.5 Å². The lowest BCUT2D eigenvalue weighted by Crippen LogP contribution is -2.19. The van der Waals surface area contributed by atoms with E-state index in [-0.39, 0.29) is 6.04 Å². The van der Waals surface area contributed by atoms with Crippen LogP contribution in [0.15, 0.2) is 52.4 Å². The SMILES string of the molecule is CNC(Cc1sccc1Br)c1cccc2cccnc12. The van der Waals surface area contributed by atoms with Gasteiger partial charge in [-0.05, 0) is 46.1 Å². The Morgan fingerprint density at radius 3 is 2.85 bits per heavy atom. The van der Waals surface area contributed by atoms with Gasteiger partial charge in [-0.25, -0.2) is 0 Å². The van der Waals surface area contributed by atoms with Gasteiger partial charge < -0.3 is 5.32 Å². The molecule has 20 heavy (non-hydrogen) atoms. The van der Waals surface area contributed by atoms with E-state index in [0.29, 0.717) is 0 Å². The fraction of sp³-hybridized carbons (Fsp3) is 0.188. The van der Waals surface area contributed by atoms with Gasteiger partial charge in [0.2, 0.25) is 0 Å². The van der Waals surface area contributed by atoms with Crippen molar-refractivity contribution in [2.24, 2.45) is 0 Å². The van der Waals surface area contributed by atoms with Crippen molar-refractivity contribution in [3.8, 4) is 0 Å². The zero-order chi connectivity index (χ0) is 13.9. The van der Waals surface area contributed by atoms with Crippen molar-refractivity contribution in [1.82, 2.24) is 10.3 Å². The number of pyridine rings is 1. The molecule has 0 saturated heterocycles. The summed E-state index contributed by atoms with van der Waals surface area (Å²) in [5, 5.41) is 6.73. The summed E-state index contributed by atoms with van der Waals surface area (Å²) in [5.74, 6) is 0. The normalized spacial score (nSPS) is 12.7. The van der Waals surface area contributed by atoms with Crippen molar-refractivity contribution in [2.75, 3.05) is 7.05 Å². The summed E-state index contributed by atoms with van der Waals surface area (Å²) >= 11 is 5.40. The Labute approximate surface area is 131 Å². The summed E-state index contributed by atoms with van der Waals surface area (Å²) in [4.78, 5) is 5.91. The monoisotopic (exact) mass is 346 g/mol. The average Bonchev–Trinajstić information content (AvgIpc) is 2.89. The van der Waals surface area contributed by atoms with Crippen LogP contribution in [0.5, 0.6) is 0 Å². The molecule has 1 atom stereocenters. The summed E-state index contributed by atoms with van der Waals surface area (Å²) in [6, 6.07) is 12.8. The molecule has 1 aromatic carbocycles. The minimum absolute atomic E-state index is 0.267. The number of rotatable bonds is 4. The maximum Gasteiger partial charge on any atom is 0.0749 e. The number of thiophene rings is 1. The van der Waals surface area contributed by atoms with Crippen LogP contribution in [0.4, 0.5) is 0 Å². The van der Waals surface area contributed by atoms with E-state index >= 15 is 0 Å². The van der Waals surface area contributed by atoms with E-state index in [9.17, 15) is 0 Å². The van der Waals surface area contributed by atoms with Crippen LogP contribution in [-0.2, 0) is 6.42 Å². The quantitative estimate of drug-likeness (QED) is 0.748. The molecule has 102 valence electrons. The summed E-state index contributed by atoms with van der Waals surface area (Å²) in [6.07, 6.45) is 2.82. The Bertz CT molecular complexity index is 718. The smallest absolute Gasteiger partial charge is 0.0749 e. The van der Waals surface area contributed by atoms with Crippen molar-refractivity contribution in [1.29, 1.82) is 0 Å². The van der Waals surface area contributed by atoms with Crippen LogP contribution in [0.2, 0.25) is 0 Å². The van der Waals surface area contributed by atoms with Crippen LogP contribution in [-0.4, -0.2) is 12.0 Å². The lowest BCUT2D eigenvalue weighted by atomic mass is 10.00. The number of nitrogens with zero attached hydrogens (tertiary/aromatic N) is 1. The summed E-state index contributed by atoms with van der Waals surface area (Å²) < 4.78 is 1.19. The Morgan fingerprint density at radius 1 is 1.25 bits per heavy atom. The van der Waals surface area contributed by atoms with E-state index in [4.69, 9.17) is 0 Å². The van der Waals surface area contributed by atoms with E-state index in [0.717, 1.165) is 11.9 Å². The van der Waals surface area contributed by atoms with Crippen LogP contribution in [0.1, 0.15) is 16.5 Å². The number of hydrogen-bond acceptors (Lipinski definition) is 3. The predicted molar refractivity (Wildman–Crippen MR) is 89.3 cm³/mol. The first-order valence-electron chi connectivity index (χ1n) is 6.52. The van der Waals surface area contributed by atoms with E-state index in [1.807, 2.05) is 19.3 Å². The molecule has 3 aromatic rings. The molecule has 0 saturated carbocycles. The lowest BCUT2D eigenvalue weighted by molar-refractivity contribution is 0.599. The van der Waals surface area contributed by atoms with Crippen molar-refractivity contribution in [3.05, 3.63) is 62.9 Å². The van der Waals surface area contributed by atoms with E-state index < -0.39 is 0 Å². The molecule has 0 radical (unpaired) electrons. The minimum Gasteiger partial charge on any atom is -0.313 e. The number of benzene rings is 1. The van der Waals surface area contributed by atoms with Gasteiger partial charge in [0.25, 0.3) is 0 Å². The highest BCUT2D eigenvalue weighted by atomic mass is 79.9. The van der Waals surface area contributed by atoms with Crippen LogP contribution in [0, 0.1) is 0 Å². The molecule has 0 bridgehead atoms. The molecule has 2 heterocycles. The molecule has 4 heteroatoms. The molecule has 0 fully saturated rings. The van der Waals surface area contributed by atoms with E-state index in [2.05, 4.69) is 61.9 Å². The molecule has 2 aromatic heterocycles. The van der Waals surface area contributed by atoms with Gasteiger partial charge in [0.15, 0.2) is 0 Å². The third-order valence-corrected chi connectivity index (χ3v) is 5.42. The van der Waals surface area contributed by atoms with Gasteiger partial charge in [-0.2, -0.15) is 0 Å². The molecular weight excluding hydrogens is 332 g/mol. The maximum atomic E-state index is 4.55. The van der Waals surface area contributed by atoms with Gasteiger partial charge >= 0.3 is 0 Å². The zero-order valence-electron chi connectivity index (χ0n) is 11.1. The van der Waals surface area contributed by atoms with Crippen molar-refractivity contribution >= 4 is 38.2 Å². The second kappa shape index (κ2) is 6.04. The van der Waals surface area contributed by atoms with Gasteiger partial charge in [-0.3, -0.25) is 4.98 Å². The fourth-order valence-electron chi connectivity index (χ4n) is 2.43. The summed E-state index contributed by atoms with van der Waals surface area (Å²) in [6.45, 7) is 0. The molecule has 2 nitrogen and oxygen atoms in total. The first-order valence-corrected chi connectivity index (χ1v) is 8.19. The Morgan fingerprint density at radius 2 is 2.10 bits per heavy atom. The van der Waals surface area contributed by atoms with Gasteiger partial charge in [0, 0.05) is 33.4 Å². The second-order valence-corrected chi connectivity index (χ2v) is 6.51. The number of fused-ring (bicyclic) bond motifs is 1. The standard InChI is InChI=1S/C16H15BrN2S/c1-18-14(10-15-13(17)7-9-20-15)12-6-2-4-11-5-3-8-19-16(11)12/h2-9,14,18H,10H2,1H3. The number of halogens is 1. The van der Waals surface area contributed by atoms with Crippen LogP contribution in [0.3, 0.4) is 0 Å². The molecule has 0 aliphatic carbocycles. The molecule has 0 spiro atoms. The topological polar surface area (TPSA) is 24.9 Å². The highest BCUT2D eigenvalue weighted by Crippen LogP contribution is 2.30.